The summed E-state index contributed by atoms with van der Waals surface area (Å²) in [4.78, 5) is 0. The predicted octanol–water partition coefficient (Wildman–Crippen LogP) is 2.71. The van der Waals surface area contributed by atoms with Crippen LogP contribution in [0.15, 0.2) is 24.3 Å². The maximum absolute atomic E-state index is 9.60. The molecule has 1 fully saturated rings. The fourth-order valence-corrected chi connectivity index (χ4v) is 2.11. The van der Waals surface area contributed by atoms with E-state index in [9.17, 15) is 5.11 Å². The summed E-state index contributed by atoms with van der Waals surface area (Å²) in [6.45, 7) is 3.20. The lowest BCUT2D eigenvalue weighted by molar-refractivity contribution is 0.460. The molecule has 0 saturated heterocycles. The van der Waals surface area contributed by atoms with Crippen LogP contribution in [0, 0.1) is 5.92 Å². The molecule has 0 amide bonds. The van der Waals surface area contributed by atoms with Crippen LogP contribution in [-0.4, -0.2) is 17.7 Å². The van der Waals surface area contributed by atoms with E-state index in [4.69, 9.17) is 0 Å². The van der Waals surface area contributed by atoms with Crippen LogP contribution in [0.25, 0.3) is 0 Å². The smallest absolute Gasteiger partial charge is 0.118 e. The van der Waals surface area contributed by atoms with Crippen molar-refractivity contribution in [2.45, 2.75) is 38.6 Å². The number of aromatic hydroxyl groups is 1. The summed E-state index contributed by atoms with van der Waals surface area (Å²) in [5.41, 5.74) is 1.04. The Morgan fingerprint density at radius 2 is 2.12 bits per heavy atom. The van der Waals surface area contributed by atoms with E-state index in [-0.39, 0.29) is 0 Å². The molecule has 1 aromatic rings. The van der Waals surface area contributed by atoms with Gasteiger partial charge in [0.25, 0.3) is 0 Å². The van der Waals surface area contributed by atoms with Crippen molar-refractivity contribution in [2.24, 2.45) is 5.92 Å². The number of para-hydroxylation sites is 1. The van der Waals surface area contributed by atoms with Gasteiger partial charge in [-0.15, -0.1) is 0 Å². The van der Waals surface area contributed by atoms with Crippen LogP contribution in [0.2, 0.25) is 0 Å². The molecular formula is C14H21NO. The van der Waals surface area contributed by atoms with Gasteiger partial charge in [0.05, 0.1) is 0 Å². The lowest BCUT2D eigenvalue weighted by atomic mass is 10.1. The molecule has 1 atom stereocenters. The highest BCUT2D eigenvalue weighted by atomic mass is 16.3. The highest BCUT2D eigenvalue weighted by Crippen LogP contribution is 2.33. The van der Waals surface area contributed by atoms with E-state index in [0.29, 0.717) is 11.8 Å². The zero-order valence-corrected chi connectivity index (χ0v) is 9.95. The van der Waals surface area contributed by atoms with Gasteiger partial charge in [-0.2, -0.15) is 0 Å². The molecule has 1 unspecified atom stereocenters. The standard InChI is InChI=1S/C14H21NO/c1-11(10-12-6-7-12)15-9-8-13-4-2-3-5-14(13)16/h2-5,11-12,15-16H,6-10H2,1H3. The minimum atomic E-state index is 0.416. The molecule has 0 radical (unpaired) electrons. The van der Waals surface area contributed by atoms with Crippen molar-refractivity contribution in [2.75, 3.05) is 6.54 Å². The van der Waals surface area contributed by atoms with Gasteiger partial charge in [-0.05, 0) is 43.9 Å². The first-order valence-corrected chi connectivity index (χ1v) is 6.26. The molecule has 2 heteroatoms. The first kappa shape index (κ1) is 11.5. The zero-order chi connectivity index (χ0) is 11.4. The van der Waals surface area contributed by atoms with Crippen molar-refractivity contribution in [1.29, 1.82) is 0 Å². The summed E-state index contributed by atoms with van der Waals surface area (Å²) in [5, 5.41) is 13.1. The second kappa shape index (κ2) is 5.35. The number of benzene rings is 1. The summed E-state index contributed by atoms with van der Waals surface area (Å²) >= 11 is 0. The van der Waals surface area contributed by atoms with E-state index in [1.807, 2.05) is 18.2 Å². The molecule has 1 aliphatic rings. The molecular weight excluding hydrogens is 198 g/mol. The van der Waals surface area contributed by atoms with Crippen LogP contribution in [-0.2, 0) is 6.42 Å². The van der Waals surface area contributed by atoms with E-state index < -0.39 is 0 Å². The molecule has 0 spiro atoms. The van der Waals surface area contributed by atoms with Crippen molar-refractivity contribution >= 4 is 0 Å². The fourth-order valence-electron chi connectivity index (χ4n) is 2.11. The number of phenolic OH excluding ortho intramolecular Hbond substituents is 1. The minimum absolute atomic E-state index is 0.416. The molecule has 1 saturated carbocycles. The monoisotopic (exact) mass is 219 g/mol. The van der Waals surface area contributed by atoms with E-state index in [0.717, 1.165) is 24.4 Å². The average molecular weight is 219 g/mol. The molecule has 1 aromatic carbocycles. The Kier molecular flexibility index (Phi) is 3.83. The average Bonchev–Trinajstić information content (AvgIpc) is 3.05. The molecule has 16 heavy (non-hydrogen) atoms. The maximum atomic E-state index is 9.60. The molecule has 2 nitrogen and oxygen atoms in total. The first-order chi connectivity index (χ1) is 7.75. The van der Waals surface area contributed by atoms with Crippen LogP contribution in [0.5, 0.6) is 5.75 Å². The van der Waals surface area contributed by atoms with Gasteiger partial charge in [-0.3, -0.25) is 0 Å². The Labute approximate surface area is 97.7 Å². The molecule has 0 aromatic heterocycles. The lowest BCUT2D eigenvalue weighted by Crippen LogP contribution is -2.28. The van der Waals surface area contributed by atoms with Crippen molar-refractivity contribution in [3.8, 4) is 5.75 Å². The summed E-state index contributed by atoms with van der Waals surface area (Å²) < 4.78 is 0. The van der Waals surface area contributed by atoms with Crippen LogP contribution < -0.4 is 5.32 Å². The van der Waals surface area contributed by atoms with E-state index in [1.54, 1.807) is 6.07 Å². The van der Waals surface area contributed by atoms with Crippen LogP contribution in [0.4, 0.5) is 0 Å². The topological polar surface area (TPSA) is 32.3 Å². The van der Waals surface area contributed by atoms with Gasteiger partial charge >= 0.3 is 0 Å². The van der Waals surface area contributed by atoms with E-state index in [1.165, 1.54) is 19.3 Å². The predicted molar refractivity (Wildman–Crippen MR) is 66.6 cm³/mol. The summed E-state index contributed by atoms with van der Waals surface area (Å²) in [5.74, 6) is 1.40. The van der Waals surface area contributed by atoms with Crippen LogP contribution >= 0.6 is 0 Å². The van der Waals surface area contributed by atoms with Gasteiger partial charge in [-0.25, -0.2) is 0 Å². The molecule has 2 N–H and O–H groups in total. The molecule has 0 heterocycles. The lowest BCUT2D eigenvalue weighted by Gasteiger charge is -2.13. The van der Waals surface area contributed by atoms with Crippen molar-refractivity contribution < 1.29 is 5.11 Å². The molecule has 88 valence electrons. The Bertz CT molecular complexity index is 333. The fraction of sp³-hybridized carbons (Fsp3) is 0.571. The third kappa shape index (κ3) is 3.53. The van der Waals surface area contributed by atoms with E-state index in [2.05, 4.69) is 12.2 Å². The van der Waals surface area contributed by atoms with Gasteiger partial charge in [0.1, 0.15) is 5.75 Å². The normalized spacial score (nSPS) is 17.3. The molecule has 1 aliphatic carbocycles. The number of phenols is 1. The zero-order valence-electron chi connectivity index (χ0n) is 9.95. The maximum Gasteiger partial charge on any atom is 0.118 e. The Morgan fingerprint density at radius 3 is 2.81 bits per heavy atom. The summed E-state index contributed by atoms with van der Waals surface area (Å²) in [6, 6.07) is 8.19. The number of nitrogens with one attached hydrogen (secondary N) is 1. The summed E-state index contributed by atoms with van der Waals surface area (Å²) in [6.07, 6.45) is 5.05. The highest BCUT2D eigenvalue weighted by molar-refractivity contribution is 5.31. The number of rotatable bonds is 6. The third-order valence-corrected chi connectivity index (χ3v) is 3.26. The van der Waals surface area contributed by atoms with Crippen LogP contribution in [0.3, 0.4) is 0 Å². The second-order valence-electron chi connectivity index (χ2n) is 4.91. The molecule has 0 bridgehead atoms. The SMILES string of the molecule is CC(CC1CC1)NCCc1ccccc1O. The van der Waals surface area contributed by atoms with Gasteiger partial charge in [0.2, 0.25) is 0 Å². The van der Waals surface area contributed by atoms with Crippen molar-refractivity contribution in [1.82, 2.24) is 5.32 Å². The minimum Gasteiger partial charge on any atom is -0.508 e. The molecule has 2 rings (SSSR count). The van der Waals surface area contributed by atoms with Gasteiger partial charge in [0.15, 0.2) is 0 Å². The Balaban J connectivity index is 1.68. The largest absolute Gasteiger partial charge is 0.508 e. The van der Waals surface area contributed by atoms with Crippen molar-refractivity contribution in [3.63, 3.8) is 0 Å². The van der Waals surface area contributed by atoms with Crippen LogP contribution in [0.1, 0.15) is 31.7 Å². The first-order valence-electron chi connectivity index (χ1n) is 6.26. The Morgan fingerprint density at radius 1 is 1.38 bits per heavy atom. The third-order valence-electron chi connectivity index (χ3n) is 3.26. The van der Waals surface area contributed by atoms with Crippen molar-refractivity contribution in [3.05, 3.63) is 29.8 Å². The summed E-state index contributed by atoms with van der Waals surface area (Å²) in [7, 11) is 0. The Hall–Kier alpha value is -1.02. The van der Waals surface area contributed by atoms with Gasteiger partial charge < -0.3 is 10.4 Å². The van der Waals surface area contributed by atoms with Gasteiger partial charge in [-0.1, -0.05) is 31.0 Å². The quantitative estimate of drug-likeness (QED) is 0.771. The highest BCUT2D eigenvalue weighted by Gasteiger charge is 2.23. The number of hydrogen-bond acceptors (Lipinski definition) is 2. The van der Waals surface area contributed by atoms with Gasteiger partial charge in [0, 0.05) is 6.04 Å². The van der Waals surface area contributed by atoms with E-state index >= 15 is 0 Å². The molecule has 0 aliphatic heterocycles. The number of hydrogen-bond donors (Lipinski definition) is 2. The second-order valence-corrected chi connectivity index (χ2v) is 4.91.